The van der Waals surface area contributed by atoms with Crippen molar-refractivity contribution >= 4 is 16.9 Å². The molecule has 5 heterocycles. The summed E-state index contributed by atoms with van der Waals surface area (Å²) in [5, 5.41) is 4.55. The van der Waals surface area contributed by atoms with Gasteiger partial charge in [-0.2, -0.15) is 0 Å². The molecule has 0 saturated carbocycles. The fraction of sp³-hybridized carbons (Fsp3) is 0.292. The zero-order valence-electron chi connectivity index (χ0n) is 17.4. The van der Waals surface area contributed by atoms with Gasteiger partial charge in [-0.15, -0.1) is 0 Å². The summed E-state index contributed by atoms with van der Waals surface area (Å²) in [5.41, 5.74) is 3.01. The van der Waals surface area contributed by atoms with E-state index in [4.69, 9.17) is 14.2 Å². The largest absolute Gasteiger partial charge is 0.368 e. The highest BCUT2D eigenvalue weighted by Gasteiger charge is 2.44. The summed E-state index contributed by atoms with van der Waals surface area (Å²) in [4.78, 5) is 28.6. The summed E-state index contributed by atoms with van der Waals surface area (Å²) in [5.74, 6) is 0.773. The van der Waals surface area contributed by atoms with Gasteiger partial charge in [0.05, 0.1) is 17.7 Å². The first-order chi connectivity index (χ1) is 15.7. The van der Waals surface area contributed by atoms with Crippen LogP contribution >= 0.6 is 0 Å². The number of piperidine rings is 1. The fourth-order valence-electron chi connectivity index (χ4n) is 4.67. The minimum Gasteiger partial charge on any atom is -0.368 e. The van der Waals surface area contributed by atoms with Gasteiger partial charge in [0.2, 0.25) is 11.4 Å². The highest BCUT2D eigenvalue weighted by Crippen LogP contribution is 2.41. The van der Waals surface area contributed by atoms with Gasteiger partial charge < -0.3 is 14.2 Å². The van der Waals surface area contributed by atoms with Crippen LogP contribution in [-0.4, -0.2) is 50.6 Å². The van der Waals surface area contributed by atoms with E-state index >= 15 is 0 Å². The molecule has 1 aromatic carbocycles. The summed E-state index contributed by atoms with van der Waals surface area (Å²) < 4.78 is 11.7. The molecule has 1 amide bonds. The van der Waals surface area contributed by atoms with E-state index in [0.717, 1.165) is 23.2 Å². The number of likely N-dealkylation sites (tertiary alicyclic amines) is 1. The molecule has 8 heteroatoms. The fourth-order valence-corrected chi connectivity index (χ4v) is 4.67. The quantitative estimate of drug-likeness (QED) is 0.484. The zero-order chi connectivity index (χ0) is 21.5. The van der Waals surface area contributed by atoms with E-state index < -0.39 is 5.60 Å². The third kappa shape index (κ3) is 3.06. The molecule has 1 fully saturated rings. The second-order valence-corrected chi connectivity index (χ2v) is 8.20. The molecule has 2 aliphatic heterocycles. The van der Waals surface area contributed by atoms with Crippen LogP contribution in [0.3, 0.4) is 0 Å². The number of benzene rings is 1. The lowest BCUT2D eigenvalue weighted by Gasteiger charge is -2.43. The molecule has 1 spiro atoms. The molecule has 1 saturated heterocycles. The summed E-state index contributed by atoms with van der Waals surface area (Å²) in [6, 6.07) is 13.5. The zero-order valence-corrected chi connectivity index (χ0v) is 17.4. The third-order valence-electron chi connectivity index (χ3n) is 6.39. The van der Waals surface area contributed by atoms with Crippen LogP contribution in [0.2, 0.25) is 0 Å². The van der Waals surface area contributed by atoms with Crippen LogP contribution in [0.4, 0.5) is 0 Å². The number of carbonyl (C=O) groups excluding carboxylic acids is 1. The molecule has 3 aromatic heterocycles. The van der Waals surface area contributed by atoms with Crippen LogP contribution < -0.4 is 0 Å². The Kier molecular flexibility index (Phi) is 4.46. The first kappa shape index (κ1) is 19.1. The van der Waals surface area contributed by atoms with Crippen LogP contribution in [-0.2, 0) is 16.8 Å². The van der Waals surface area contributed by atoms with Crippen LogP contribution in [0.5, 0.6) is 0 Å². The molecule has 4 aromatic rings. The second-order valence-electron chi connectivity index (χ2n) is 8.20. The van der Waals surface area contributed by atoms with E-state index in [9.17, 15) is 4.79 Å². The number of pyridine rings is 1. The number of nitrogens with zero attached hydrogens (tertiary/aromatic N) is 5. The Morgan fingerprint density at radius 3 is 2.72 bits per heavy atom. The number of fused-ring (bicyclic) bond motifs is 3. The second kappa shape index (κ2) is 7.49. The maximum atomic E-state index is 13.1. The molecule has 2 aliphatic rings. The molecule has 0 N–H and O–H groups in total. The van der Waals surface area contributed by atoms with Crippen molar-refractivity contribution in [2.24, 2.45) is 0 Å². The van der Waals surface area contributed by atoms with Gasteiger partial charge in [0, 0.05) is 31.0 Å². The molecule has 6 rings (SSSR count). The third-order valence-corrected chi connectivity index (χ3v) is 6.39. The lowest BCUT2D eigenvalue weighted by Crippen LogP contribution is -2.49. The Labute approximate surface area is 184 Å². The van der Waals surface area contributed by atoms with Crippen LogP contribution in [0.15, 0.2) is 59.4 Å². The monoisotopic (exact) mass is 427 g/mol. The van der Waals surface area contributed by atoms with E-state index in [1.165, 1.54) is 0 Å². The minimum atomic E-state index is -0.498. The highest BCUT2D eigenvalue weighted by molar-refractivity contribution is 6.02. The number of amides is 1. The Morgan fingerprint density at radius 2 is 1.88 bits per heavy atom. The van der Waals surface area contributed by atoms with Crippen molar-refractivity contribution in [3.05, 3.63) is 71.9 Å². The summed E-state index contributed by atoms with van der Waals surface area (Å²) in [6.07, 6.45) is 5.70. The van der Waals surface area contributed by atoms with E-state index in [-0.39, 0.29) is 11.7 Å². The van der Waals surface area contributed by atoms with Gasteiger partial charge in [-0.1, -0.05) is 35.5 Å². The topological polar surface area (TPSA) is 94.2 Å². The minimum absolute atomic E-state index is 0.168. The van der Waals surface area contributed by atoms with E-state index in [1.54, 1.807) is 23.2 Å². The number of aromatic nitrogens is 4. The van der Waals surface area contributed by atoms with Gasteiger partial charge in [-0.3, -0.25) is 4.79 Å². The molecule has 0 bridgehead atoms. The molecular weight excluding hydrogens is 406 g/mol. The van der Waals surface area contributed by atoms with E-state index in [1.807, 2.05) is 36.5 Å². The Hall–Kier alpha value is -3.65. The summed E-state index contributed by atoms with van der Waals surface area (Å²) in [6.45, 7) is 1.73. The van der Waals surface area contributed by atoms with Crippen molar-refractivity contribution in [1.29, 1.82) is 0 Å². The average molecular weight is 427 g/mol. The number of carbonyl (C=O) groups is 1. The SMILES string of the molecule is O=C(c1onc2ncccc12)N1CCC2(CC1)OCCc1cnc(-c3ccccc3)nc12. The lowest BCUT2D eigenvalue weighted by atomic mass is 9.83. The van der Waals surface area contributed by atoms with Crippen LogP contribution in [0, 0.1) is 0 Å². The number of hydrogen-bond donors (Lipinski definition) is 0. The van der Waals surface area contributed by atoms with Crippen molar-refractivity contribution in [1.82, 2.24) is 25.0 Å². The van der Waals surface area contributed by atoms with Gasteiger partial charge >= 0.3 is 0 Å². The predicted octanol–water partition coefficient (Wildman–Crippen LogP) is 3.38. The van der Waals surface area contributed by atoms with Crippen LogP contribution in [0.25, 0.3) is 22.4 Å². The van der Waals surface area contributed by atoms with Crippen molar-refractivity contribution in [3.8, 4) is 11.4 Å². The molecule has 0 aliphatic carbocycles. The Bertz CT molecular complexity index is 1300. The van der Waals surface area contributed by atoms with Crippen molar-refractivity contribution in [2.75, 3.05) is 19.7 Å². The van der Waals surface area contributed by atoms with Crippen molar-refractivity contribution in [3.63, 3.8) is 0 Å². The summed E-state index contributed by atoms with van der Waals surface area (Å²) >= 11 is 0. The lowest BCUT2D eigenvalue weighted by molar-refractivity contribution is -0.0969. The molecule has 0 unspecified atom stereocenters. The molecule has 32 heavy (non-hydrogen) atoms. The van der Waals surface area contributed by atoms with Gasteiger partial charge in [0.15, 0.2) is 5.82 Å². The molecule has 160 valence electrons. The first-order valence-electron chi connectivity index (χ1n) is 10.8. The summed E-state index contributed by atoms with van der Waals surface area (Å²) in [7, 11) is 0. The first-order valence-corrected chi connectivity index (χ1v) is 10.8. The molecule has 0 atom stereocenters. The smallest absolute Gasteiger partial charge is 0.293 e. The highest BCUT2D eigenvalue weighted by atomic mass is 16.5. The average Bonchev–Trinajstić information content (AvgIpc) is 3.29. The molecule has 8 nitrogen and oxygen atoms in total. The number of hydrogen-bond acceptors (Lipinski definition) is 7. The molecular formula is C24H21N5O3. The van der Waals surface area contributed by atoms with Crippen molar-refractivity contribution in [2.45, 2.75) is 24.9 Å². The van der Waals surface area contributed by atoms with Crippen LogP contribution in [0.1, 0.15) is 34.7 Å². The maximum absolute atomic E-state index is 13.1. The predicted molar refractivity (Wildman–Crippen MR) is 116 cm³/mol. The van der Waals surface area contributed by atoms with E-state index in [0.29, 0.717) is 49.4 Å². The van der Waals surface area contributed by atoms with Gasteiger partial charge in [0.25, 0.3) is 5.91 Å². The number of rotatable bonds is 2. The Morgan fingerprint density at radius 1 is 1.03 bits per heavy atom. The van der Waals surface area contributed by atoms with Crippen molar-refractivity contribution < 1.29 is 14.1 Å². The number of ether oxygens (including phenoxy) is 1. The standard InChI is InChI=1S/C24H21N5O3/c30-23(19-18-7-4-11-25-22(18)28-32-19)29-12-9-24(10-13-29)20-17(8-14-31-24)15-26-21(27-20)16-5-2-1-3-6-16/h1-7,11,15H,8-10,12-14H2. The Balaban J connectivity index is 1.27. The van der Waals surface area contributed by atoms with E-state index in [2.05, 4.69) is 15.1 Å². The molecule has 0 radical (unpaired) electrons. The normalized spacial score (nSPS) is 17.4. The van der Waals surface area contributed by atoms with Gasteiger partial charge in [-0.05, 0) is 37.0 Å². The maximum Gasteiger partial charge on any atom is 0.293 e. The van der Waals surface area contributed by atoms with Gasteiger partial charge in [-0.25, -0.2) is 15.0 Å². The van der Waals surface area contributed by atoms with Gasteiger partial charge in [0.1, 0.15) is 5.60 Å².